The van der Waals surface area contributed by atoms with Gasteiger partial charge >= 0.3 is 0 Å². The molecule has 0 heterocycles. The van der Waals surface area contributed by atoms with Gasteiger partial charge in [0.2, 0.25) is 0 Å². The maximum atomic E-state index is 12.6. The molecule has 0 unspecified atom stereocenters. The highest BCUT2D eigenvalue weighted by Crippen LogP contribution is 2.13. The van der Waals surface area contributed by atoms with Crippen molar-refractivity contribution in [3.8, 4) is 0 Å². The van der Waals surface area contributed by atoms with Crippen LogP contribution in [-0.4, -0.2) is 49.2 Å². The van der Waals surface area contributed by atoms with Crippen molar-refractivity contribution in [2.24, 2.45) is 5.92 Å². The largest absolute Gasteiger partial charge is 0.272 e. The third-order valence-electron chi connectivity index (χ3n) is 5.19. The van der Waals surface area contributed by atoms with Crippen LogP contribution in [0.1, 0.15) is 104 Å². The van der Waals surface area contributed by atoms with Gasteiger partial charge in [-0.3, -0.25) is 19.3 Å². The quantitative estimate of drug-likeness (QED) is 0.159. The summed E-state index contributed by atoms with van der Waals surface area (Å²) >= 11 is 0. The molecule has 0 fully saturated rings. The lowest BCUT2D eigenvalue weighted by atomic mass is 10.0. The van der Waals surface area contributed by atoms with Crippen LogP contribution >= 0.6 is 0 Å². The Balaban J connectivity index is 4.13. The van der Waals surface area contributed by atoms with Crippen LogP contribution < -0.4 is 0 Å². The molecular weight excluding hydrogens is 368 g/mol. The van der Waals surface area contributed by atoms with Gasteiger partial charge in [-0.25, -0.2) is 10.1 Å². The third kappa shape index (κ3) is 13.7. The van der Waals surface area contributed by atoms with Gasteiger partial charge in [-0.05, 0) is 19.3 Å². The zero-order valence-corrected chi connectivity index (χ0v) is 19.7. The Kier molecular flexibility index (Phi) is 18.1. The molecule has 0 aromatic rings. The van der Waals surface area contributed by atoms with E-state index in [1.807, 2.05) is 6.92 Å². The second-order valence-corrected chi connectivity index (χ2v) is 7.83. The summed E-state index contributed by atoms with van der Waals surface area (Å²) in [6.45, 7) is 7.24. The van der Waals surface area contributed by atoms with Gasteiger partial charge < -0.3 is 0 Å². The zero-order valence-electron chi connectivity index (χ0n) is 19.7. The number of carbonyl (C=O) groups is 2. The second kappa shape index (κ2) is 18.9. The molecular formula is C23H46N2O4. The van der Waals surface area contributed by atoms with Gasteiger partial charge in [0, 0.05) is 14.1 Å². The van der Waals surface area contributed by atoms with Crippen molar-refractivity contribution in [1.29, 1.82) is 0 Å². The fraction of sp³-hybridized carbons (Fsp3) is 0.913. The van der Waals surface area contributed by atoms with Gasteiger partial charge in [-0.1, -0.05) is 85.0 Å². The van der Waals surface area contributed by atoms with Gasteiger partial charge in [0.05, 0.1) is 13.2 Å². The number of nitrogens with zero attached hydrogens (tertiary/aromatic N) is 2. The van der Waals surface area contributed by atoms with E-state index in [1.54, 1.807) is 14.1 Å². The van der Waals surface area contributed by atoms with E-state index in [-0.39, 0.29) is 11.8 Å². The number of unbranched alkanes of at least 4 members (excludes halogenated alkanes) is 10. The van der Waals surface area contributed by atoms with Crippen molar-refractivity contribution in [2.45, 2.75) is 104 Å². The minimum atomic E-state index is -0.765. The third-order valence-corrected chi connectivity index (χ3v) is 5.19. The lowest BCUT2D eigenvalue weighted by molar-refractivity contribution is -0.197. The first-order chi connectivity index (χ1) is 14.0. The predicted molar refractivity (Wildman–Crippen MR) is 118 cm³/mol. The summed E-state index contributed by atoms with van der Waals surface area (Å²) in [7, 11) is 3.18. The molecule has 6 heteroatoms. The van der Waals surface area contributed by atoms with E-state index in [2.05, 4.69) is 13.8 Å². The zero-order chi connectivity index (χ0) is 21.9. The van der Waals surface area contributed by atoms with E-state index in [4.69, 9.17) is 9.68 Å². The molecule has 0 aliphatic rings. The summed E-state index contributed by atoms with van der Waals surface area (Å²) in [5.74, 6) is -1.38. The van der Waals surface area contributed by atoms with Gasteiger partial charge in [-0.15, -0.1) is 0 Å². The average molecular weight is 415 g/mol. The number of carbonyl (C=O) groups excluding carboxylic acids is 2. The van der Waals surface area contributed by atoms with E-state index in [0.29, 0.717) is 19.6 Å². The second-order valence-electron chi connectivity index (χ2n) is 7.83. The average Bonchev–Trinajstić information content (AvgIpc) is 2.72. The van der Waals surface area contributed by atoms with Crippen LogP contribution in [0.3, 0.4) is 0 Å². The Bertz CT molecular complexity index is 382. The van der Waals surface area contributed by atoms with E-state index in [1.165, 1.54) is 61.5 Å². The first-order valence-electron chi connectivity index (χ1n) is 11.8. The number of hydrogen-bond donors (Lipinski definition) is 0. The van der Waals surface area contributed by atoms with Crippen LogP contribution in [0.15, 0.2) is 0 Å². The first-order valence-corrected chi connectivity index (χ1v) is 11.8. The topological polar surface area (TPSA) is 59.1 Å². The van der Waals surface area contributed by atoms with E-state index < -0.39 is 5.92 Å². The van der Waals surface area contributed by atoms with Crippen molar-refractivity contribution >= 4 is 11.8 Å². The maximum absolute atomic E-state index is 12.6. The van der Waals surface area contributed by atoms with E-state index >= 15 is 0 Å². The molecule has 0 rings (SSSR count). The number of hydrogen-bond acceptors (Lipinski definition) is 4. The SMILES string of the molecule is CCCCCCCCON(C)C(=O)C(CC)C(=O)N(C)OCCCCCCCC. The van der Waals surface area contributed by atoms with E-state index in [9.17, 15) is 9.59 Å². The minimum absolute atomic E-state index is 0.307. The molecule has 0 aliphatic carbocycles. The van der Waals surface area contributed by atoms with Crippen molar-refractivity contribution in [2.75, 3.05) is 27.3 Å². The molecule has 0 N–H and O–H groups in total. The molecule has 0 spiro atoms. The molecule has 0 bridgehead atoms. The number of rotatable bonds is 19. The van der Waals surface area contributed by atoms with Crippen molar-refractivity contribution in [3.63, 3.8) is 0 Å². The van der Waals surface area contributed by atoms with Gasteiger partial charge in [0.1, 0.15) is 5.92 Å². The van der Waals surface area contributed by atoms with Crippen LogP contribution in [-0.2, 0) is 19.3 Å². The van der Waals surface area contributed by atoms with Gasteiger partial charge in [0.15, 0.2) is 0 Å². The molecule has 2 amide bonds. The van der Waals surface area contributed by atoms with Crippen LogP contribution in [0, 0.1) is 5.92 Å². The van der Waals surface area contributed by atoms with Gasteiger partial charge in [0.25, 0.3) is 11.8 Å². The highest BCUT2D eigenvalue weighted by molar-refractivity contribution is 5.99. The molecule has 29 heavy (non-hydrogen) atoms. The van der Waals surface area contributed by atoms with Gasteiger partial charge in [-0.2, -0.15) is 0 Å². The Hall–Kier alpha value is -1.14. The van der Waals surface area contributed by atoms with Crippen molar-refractivity contribution < 1.29 is 19.3 Å². The monoisotopic (exact) mass is 414 g/mol. The summed E-state index contributed by atoms with van der Waals surface area (Å²) in [5.41, 5.74) is 0. The highest BCUT2D eigenvalue weighted by Gasteiger charge is 2.31. The normalized spacial score (nSPS) is 11.1. The summed E-state index contributed by atoms with van der Waals surface area (Å²) in [4.78, 5) is 36.3. The summed E-state index contributed by atoms with van der Waals surface area (Å²) < 4.78 is 0. The summed E-state index contributed by atoms with van der Waals surface area (Å²) in [6, 6.07) is 0. The van der Waals surface area contributed by atoms with Crippen LogP contribution in [0.5, 0.6) is 0 Å². The highest BCUT2D eigenvalue weighted by atomic mass is 16.7. The molecule has 0 saturated heterocycles. The van der Waals surface area contributed by atoms with Crippen LogP contribution in [0.25, 0.3) is 0 Å². The molecule has 0 aliphatic heterocycles. The fourth-order valence-electron chi connectivity index (χ4n) is 3.19. The van der Waals surface area contributed by atoms with Crippen molar-refractivity contribution in [3.05, 3.63) is 0 Å². The Labute approximate surface area is 179 Å². The molecule has 0 saturated carbocycles. The van der Waals surface area contributed by atoms with Crippen LogP contribution in [0.4, 0.5) is 0 Å². The molecule has 6 nitrogen and oxygen atoms in total. The minimum Gasteiger partial charge on any atom is -0.272 e. The smallest absolute Gasteiger partial charge is 0.258 e. The number of amides is 2. The van der Waals surface area contributed by atoms with Crippen LogP contribution in [0.2, 0.25) is 0 Å². The van der Waals surface area contributed by atoms with Crippen molar-refractivity contribution in [1.82, 2.24) is 10.1 Å². The first kappa shape index (κ1) is 27.9. The summed E-state index contributed by atoms with van der Waals surface area (Å²) in [6.07, 6.45) is 14.4. The fourth-order valence-corrected chi connectivity index (χ4v) is 3.19. The Morgan fingerprint density at radius 3 is 1.31 bits per heavy atom. The summed E-state index contributed by atoms with van der Waals surface area (Å²) in [5, 5.41) is 2.44. The predicted octanol–water partition coefficient (Wildman–Crippen LogP) is 5.51. The number of hydroxylamine groups is 4. The van der Waals surface area contributed by atoms with E-state index in [0.717, 1.165) is 25.7 Å². The lowest BCUT2D eigenvalue weighted by Gasteiger charge is -2.25. The molecule has 0 radical (unpaired) electrons. The lowest BCUT2D eigenvalue weighted by Crippen LogP contribution is -2.42. The standard InChI is InChI=1S/C23H46N2O4/c1-6-9-11-13-15-17-19-28-24(4)22(26)21(8-3)23(27)25(5)29-20-18-16-14-12-10-7-2/h21H,6-20H2,1-5H3. The maximum Gasteiger partial charge on any atom is 0.258 e. The Morgan fingerprint density at radius 1 is 0.621 bits per heavy atom. The molecule has 0 atom stereocenters. The molecule has 172 valence electrons. The molecule has 0 aromatic heterocycles. The Morgan fingerprint density at radius 2 is 0.966 bits per heavy atom. The molecule has 0 aromatic carbocycles.